The number of nitrogens with one attached hydrogen (secondary N) is 1. The highest BCUT2D eigenvalue weighted by atomic mass is 16.5. The molecule has 9 heteroatoms. The molecule has 5 heterocycles. The van der Waals surface area contributed by atoms with E-state index in [0.29, 0.717) is 57.6 Å². The molecule has 1 saturated heterocycles. The van der Waals surface area contributed by atoms with E-state index in [2.05, 4.69) is 32.7 Å². The van der Waals surface area contributed by atoms with Crippen molar-refractivity contribution in [2.24, 2.45) is 5.41 Å². The van der Waals surface area contributed by atoms with Crippen LogP contribution in [0.4, 0.5) is 0 Å². The number of likely N-dealkylation sites (tertiary alicyclic amines) is 1. The van der Waals surface area contributed by atoms with Crippen molar-refractivity contribution >= 4 is 11.8 Å². The Hall–Kier alpha value is -3.75. The number of nitrogens with zero attached hydrogens (tertiary/aromatic N) is 5. The van der Waals surface area contributed by atoms with Gasteiger partial charge in [0.2, 0.25) is 5.91 Å². The van der Waals surface area contributed by atoms with Crippen LogP contribution in [-0.4, -0.2) is 62.9 Å². The molecule has 38 heavy (non-hydrogen) atoms. The maximum absolute atomic E-state index is 13.7. The Morgan fingerprint density at radius 1 is 1.03 bits per heavy atom. The standard InChI is InChI=1S/C29H34N6O3/c36-27(23-17-22-3-1-4-26(22)31-19-23)34-14-10-29(11-15-34)18-24-20-35(33-32-24)13-2-16-38-25-7-5-21(6-8-25)9-12-30-28(29)37/h5-8,17,19-20H,1-4,9-16,18H2,(H,30,37). The highest BCUT2D eigenvalue weighted by Crippen LogP contribution is 2.36. The zero-order valence-electron chi connectivity index (χ0n) is 21.7. The molecule has 2 aromatic heterocycles. The van der Waals surface area contributed by atoms with Crippen molar-refractivity contribution in [2.45, 2.75) is 57.9 Å². The average Bonchev–Trinajstić information content (AvgIpc) is 3.60. The van der Waals surface area contributed by atoms with E-state index >= 15 is 0 Å². The van der Waals surface area contributed by atoms with Gasteiger partial charge in [0.15, 0.2) is 0 Å². The van der Waals surface area contributed by atoms with Gasteiger partial charge in [-0.25, -0.2) is 0 Å². The first-order chi connectivity index (χ1) is 18.6. The van der Waals surface area contributed by atoms with Gasteiger partial charge < -0.3 is 15.0 Å². The predicted molar refractivity (Wildman–Crippen MR) is 141 cm³/mol. The van der Waals surface area contributed by atoms with Crippen LogP contribution in [-0.2, 0) is 37.0 Å². The molecule has 0 atom stereocenters. The number of carbonyl (C=O) groups is 2. The average molecular weight is 515 g/mol. The van der Waals surface area contributed by atoms with E-state index in [0.717, 1.165) is 54.8 Å². The number of amides is 2. The Labute approximate surface area is 222 Å². The number of hydrogen-bond acceptors (Lipinski definition) is 6. The fourth-order valence-electron chi connectivity index (χ4n) is 5.90. The van der Waals surface area contributed by atoms with E-state index in [4.69, 9.17) is 4.74 Å². The summed E-state index contributed by atoms with van der Waals surface area (Å²) in [5, 5.41) is 11.9. The molecule has 4 aliphatic rings. The normalized spacial score (nSPS) is 19.5. The molecule has 1 aromatic carbocycles. The minimum Gasteiger partial charge on any atom is -0.494 e. The first kappa shape index (κ1) is 24.6. The van der Waals surface area contributed by atoms with E-state index in [1.807, 2.05) is 34.0 Å². The molecule has 198 valence electrons. The van der Waals surface area contributed by atoms with Crippen molar-refractivity contribution in [1.29, 1.82) is 0 Å². The second kappa shape index (κ2) is 10.6. The van der Waals surface area contributed by atoms with Crippen LogP contribution in [0.2, 0.25) is 0 Å². The smallest absolute Gasteiger partial charge is 0.255 e. The maximum Gasteiger partial charge on any atom is 0.255 e. The summed E-state index contributed by atoms with van der Waals surface area (Å²) in [5.74, 6) is 0.878. The second-order valence-electron chi connectivity index (χ2n) is 10.8. The summed E-state index contributed by atoms with van der Waals surface area (Å²) < 4.78 is 7.68. The fraction of sp³-hybridized carbons (Fsp3) is 0.483. The van der Waals surface area contributed by atoms with Crippen LogP contribution < -0.4 is 10.1 Å². The summed E-state index contributed by atoms with van der Waals surface area (Å²) >= 11 is 0. The van der Waals surface area contributed by atoms with Gasteiger partial charge in [-0.1, -0.05) is 17.3 Å². The third-order valence-electron chi connectivity index (χ3n) is 8.18. The molecule has 7 rings (SSSR count). The van der Waals surface area contributed by atoms with Crippen molar-refractivity contribution in [1.82, 2.24) is 30.2 Å². The first-order valence-electron chi connectivity index (χ1n) is 13.7. The molecule has 9 nitrogen and oxygen atoms in total. The molecular weight excluding hydrogens is 480 g/mol. The number of aryl methyl sites for hydroxylation is 3. The van der Waals surface area contributed by atoms with Gasteiger partial charge in [-0.2, -0.15) is 0 Å². The number of hydrogen-bond donors (Lipinski definition) is 1. The van der Waals surface area contributed by atoms with Crippen molar-refractivity contribution < 1.29 is 14.3 Å². The van der Waals surface area contributed by atoms with E-state index in [1.165, 1.54) is 5.56 Å². The van der Waals surface area contributed by atoms with Gasteiger partial charge in [-0.3, -0.25) is 19.3 Å². The molecule has 3 aromatic rings. The zero-order valence-corrected chi connectivity index (χ0v) is 21.7. The Balaban J connectivity index is 1.19. The van der Waals surface area contributed by atoms with Crippen molar-refractivity contribution in [3.8, 4) is 5.75 Å². The molecule has 1 spiro atoms. The van der Waals surface area contributed by atoms with Crippen LogP contribution in [0.25, 0.3) is 0 Å². The number of piperidine rings is 1. The van der Waals surface area contributed by atoms with Gasteiger partial charge in [0, 0.05) is 57.1 Å². The monoisotopic (exact) mass is 514 g/mol. The van der Waals surface area contributed by atoms with Crippen molar-refractivity contribution in [3.63, 3.8) is 0 Å². The van der Waals surface area contributed by atoms with Crippen LogP contribution in [0.5, 0.6) is 5.75 Å². The van der Waals surface area contributed by atoms with Gasteiger partial charge in [0.1, 0.15) is 5.75 Å². The van der Waals surface area contributed by atoms with Crippen LogP contribution >= 0.6 is 0 Å². The topological polar surface area (TPSA) is 102 Å². The Bertz CT molecular complexity index is 1310. The molecule has 2 amide bonds. The number of aromatic nitrogens is 4. The molecule has 1 N–H and O–H groups in total. The number of benzene rings is 1. The molecule has 1 aliphatic carbocycles. The summed E-state index contributed by atoms with van der Waals surface area (Å²) in [7, 11) is 0. The van der Waals surface area contributed by atoms with Crippen molar-refractivity contribution in [3.05, 3.63) is 70.8 Å². The van der Waals surface area contributed by atoms with E-state index in [9.17, 15) is 9.59 Å². The second-order valence-corrected chi connectivity index (χ2v) is 10.8. The summed E-state index contributed by atoms with van der Waals surface area (Å²) in [6, 6.07) is 10.1. The predicted octanol–water partition coefficient (Wildman–Crippen LogP) is 2.77. The van der Waals surface area contributed by atoms with E-state index in [1.54, 1.807) is 6.20 Å². The third-order valence-corrected chi connectivity index (χ3v) is 8.18. The quantitative estimate of drug-likeness (QED) is 0.536. The van der Waals surface area contributed by atoms with Gasteiger partial charge in [-0.05, 0) is 67.9 Å². The molecule has 1 fully saturated rings. The minimum absolute atomic E-state index is 0.00309. The minimum atomic E-state index is -0.630. The SMILES string of the molecule is O=C(c1cnc2c(c1)CCC2)N1CCC2(CC1)Cc1cn(nn1)CCCOc1ccc(cc1)CCNC2=O. The number of rotatable bonds is 1. The Morgan fingerprint density at radius 3 is 2.71 bits per heavy atom. The number of pyridine rings is 1. The van der Waals surface area contributed by atoms with Gasteiger partial charge >= 0.3 is 0 Å². The van der Waals surface area contributed by atoms with E-state index in [-0.39, 0.29) is 11.8 Å². The lowest BCUT2D eigenvalue weighted by atomic mass is 9.73. The maximum atomic E-state index is 13.7. The third kappa shape index (κ3) is 5.14. The Kier molecular flexibility index (Phi) is 6.82. The van der Waals surface area contributed by atoms with Crippen LogP contribution in [0.15, 0.2) is 42.7 Å². The molecule has 0 saturated carbocycles. The highest BCUT2D eigenvalue weighted by molar-refractivity contribution is 5.94. The summed E-state index contributed by atoms with van der Waals surface area (Å²) in [4.78, 5) is 33.4. The lowest BCUT2D eigenvalue weighted by Crippen LogP contribution is -2.51. The lowest BCUT2D eigenvalue weighted by molar-refractivity contribution is -0.133. The summed E-state index contributed by atoms with van der Waals surface area (Å²) in [6.45, 7) is 2.90. The number of carbonyl (C=O) groups excluding carboxylic acids is 2. The fourth-order valence-corrected chi connectivity index (χ4v) is 5.90. The zero-order chi connectivity index (χ0) is 26.0. The largest absolute Gasteiger partial charge is 0.494 e. The lowest BCUT2D eigenvalue weighted by Gasteiger charge is -2.40. The van der Waals surface area contributed by atoms with Crippen LogP contribution in [0, 0.1) is 5.41 Å². The van der Waals surface area contributed by atoms with Crippen LogP contribution in [0.1, 0.15) is 58.6 Å². The molecule has 0 radical (unpaired) electrons. The van der Waals surface area contributed by atoms with Gasteiger partial charge in [0.05, 0.1) is 23.3 Å². The van der Waals surface area contributed by atoms with Gasteiger partial charge in [-0.15, -0.1) is 5.10 Å². The molecule has 3 aliphatic heterocycles. The van der Waals surface area contributed by atoms with Crippen molar-refractivity contribution in [2.75, 3.05) is 26.2 Å². The van der Waals surface area contributed by atoms with Gasteiger partial charge in [0.25, 0.3) is 5.91 Å². The summed E-state index contributed by atoms with van der Waals surface area (Å²) in [5.41, 5.74) is 4.30. The number of ether oxygens (including phenoxy) is 1. The highest BCUT2D eigenvalue weighted by Gasteiger charge is 2.43. The summed E-state index contributed by atoms with van der Waals surface area (Å²) in [6.07, 6.45) is 9.97. The molecule has 0 unspecified atom stereocenters. The van der Waals surface area contributed by atoms with Crippen LogP contribution in [0.3, 0.4) is 0 Å². The van der Waals surface area contributed by atoms with E-state index < -0.39 is 5.41 Å². The Morgan fingerprint density at radius 2 is 1.87 bits per heavy atom. The first-order valence-corrected chi connectivity index (χ1v) is 13.7. The molecule has 4 bridgehead atoms. The number of fused-ring (bicyclic) bond motifs is 9. The molecular formula is C29H34N6O3.